The minimum absolute atomic E-state index is 0.139. The van der Waals surface area contributed by atoms with Crippen LogP contribution in [-0.2, 0) is 21.4 Å². The van der Waals surface area contributed by atoms with Gasteiger partial charge in [0.2, 0.25) is 10.0 Å². The summed E-state index contributed by atoms with van der Waals surface area (Å²) in [4.78, 5) is 17.4. The topological polar surface area (TPSA) is 78.8 Å². The molecule has 5 rings (SSSR count). The van der Waals surface area contributed by atoms with Gasteiger partial charge in [0, 0.05) is 35.4 Å². The van der Waals surface area contributed by atoms with Gasteiger partial charge in [-0.05, 0) is 70.1 Å². The van der Waals surface area contributed by atoms with Gasteiger partial charge in [-0.2, -0.15) is 17.5 Å². The van der Waals surface area contributed by atoms with Crippen molar-refractivity contribution in [3.05, 3.63) is 34.9 Å². The summed E-state index contributed by atoms with van der Waals surface area (Å²) >= 11 is 5.99. The average molecular weight is 580 g/mol. The summed E-state index contributed by atoms with van der Waals surface area (Å²) in [5.41, 5.74) is -0.916. The maximum Gasteiger partial charge on any atom is 0.389 e. The predicted molar refractivity (Wildman–Crippen MR) is 138 cm³/mol. The molecule has 12 heteroatoms. The number of hydrogen-bond donors (Lipinski definition) is 1. The molecule has 1 atom stereocenters. The van der Waals surface area contributed by atoms with E-state index in [1.54, 1.807) is 42.4 Å². The number of rotatable bonds is 13. The number of nitrogens with zero attached hydrogens (tertiary/aromatic N) is 2. The lowest BCUT2D eigenvalue weighted by atomic mass is 9.38. The molecule has 3 aliphatic carbocycles. The van der Waals surface area contributed by atoms with Crippen LogP contribution in [0.4, 0.5) is 17.6 Å². The van der Waals surface area contributed by atoms with Crippen LogP contribution in [0.1, 0.15) is 70.8 Å². The normalized spacial score (nSPS) is 27.9. The van der Waals surface area contributed by atoms with Gasteiger partial charge < -0.3 is 5.32 Å². The molecule has 1 aromatic carbocycles. The van der Waals surface area contributed by atoms with Gasteiger partial charge in [-0.25, -0.2) is 8.42 Å². The maximum atomic E-state index is 13.4. The standard InChI is InChI=1S/C26H34ClF4N3O3S/c1-23(2)21(20(35)6-5-11-26(29,30)31)32-22(33-23)24-15-25(16-24,17-24)34(38(36,37)13-4-3-12-28)14-18-7-9-19(27)10-8-18/h7-10,21H,3-6,11-17H2,1-2H3,(H,32,33)/t21-,24?,25?/m0/s1. The third-order valence-corrected chi connectivity index (χ3v) is 10.2. The van der Waals surface area contributed by atoms with Crippen LogP contribution < -0.4 is 5.32 Å². The Hall–Kier alpha value is -1.72. The van der Waals surface area contributed by atoms with E-state index in [-0.39, 0.29) is 49.2 Å². The Morgan fingerprint density at radius 1 is 1.13 bits per heavy atom. The highest BCUT2D eigenvalue weighted by Crippen LogP contribution is 2.71. The summed E-state index contributed by atoms with van der Waals surface area (Å²) in [6, 6.07) is 6.20. The van der Waals surface area contributed by atoms with E-state index in [0.717, 1.165) is 5.56 Å². The van der Waals surface area contributed by atoms with Crippen LogP contribution in [0.2, 0.25) is 5.02 Å². The molecule has 1 aliphatic heterocycles. The van der Waals surface area contributed by atoms with E-state index in [0.29, 0.717) is 30.1 Å². The summed E-state index contributed by atoms with van der Waals surface area (Å²) in [7, 11) is -3.68. The SMILES string of the molecule is CC1(C)NC(C23CC(N(Cc4ccc(Cl)cc4)S(=O)(=O)CCCCF)(C2)C3)=N[C@H]1C(=O)CCCC(F)(F)F. The molecular weight excluding hydrogens is 546 g/mol. The number of carbonyl (C=O) groups is 1. The molecule has 0 unspecified atom stereocenters. The number of unbranched alkanes of at least 4 members (excludes halogenated alkanes) is 1. The smallest absolute Gasteiger partial charge is 0.366 e. The number of alkyl halides is 4. The minimum atomic E-state index is -4.30. The predicted octanol–water partition coefficient (Wildman–Crippen LogP) is 5.59. The molecular formula is C26H34ClF4N3O3S. The molecule has 4 aliphatic rings. The molecule has 6 nitrogen and oxygen atoms in total. The summed E-state index contributed by atoms with van der Waals surface area (Å²) in [6.07, 6.45) is -3.76. The first-order valence-corrected chi connectivity index (χ1v) is 14.9. The quantitative estimate of drug-likeness (QED) is 0.244. The first-order chi connectivity index (χ1) is 17.6. The molecule has 212 valence electrons. The number of aliphatic imine (C=N–C) groups is 1. The fourth-order valence-electron chi connectivity index (χ4n) is 6.10. The van der Waals surface area contributed by atoms with Crippen LogP contribution in [0, 0.1) is 5.41 Å². The fourth-order valence-corrected chi connectivity index (χ4v) is 8.14. The van der Waals surface area contributed by atoms with Gasteiger partial charge in [0.05, 0.1) is 18.0 Å². The van der Waals surface area contributed by atoms with E-state index in [1.165, 1.54) is 0 Å². The van der Waals surface area contributed by atoms with Crippen LogP contribution in [0.5, 0.6) is 0 Å². The van der Waals surface area contributed by atoms with Crippen molar-refractivity contribution in [2.75, 3.05) is 12.4 Å². The van der Waals surface area contributed by atoms with Gasteiger partial charge in [-0.3, -0.25) is 14.2 Å². The zero-order valence-electron chi connectivity index (χ0n) is 21.6. The molecule has 0 amide bonds. The first kappa shape index (κ1) is 29.3. The number of benzene rings is 1. The molecule has 0 radical (unpaired) electrons. The summed E-state index contributed by atoms with van der Waals surface area (Å²) in [5.74, 6) is 0.169. The van der Waals surface area contributed by atoms with Crippen LogP contribution in [-0.4, -0.2) is 60.1 Å². The molecule has 0 saturated heterocycles. The molecule has 38 heavy (non-hydrogen) atoms. The summed E-state index contributed by atoms with van der Waals surface area (Å²) in [5, 5.41) is 3.87. The third kappa shape index (κ3) is 5.89. The van der Waals surface area contributed by atoms with E-state index < -0.39 is 46.4 Å². The number of halogens is 5. The molecule has 0 spiro atoms. The van der Waals surface area contributed by atoms with Gasteiger partial charge in [-0.1, -0.05) is 23.7 Å². The molecule has 3 fully saturated rings. The molecule has 2 bridgehead atoms. The van der Waals surface area contributed by atoms with Crippen molar-refractivity contribution in [1.82, 2.24) is 9.62 Å². The Labute approximate surface area is 226 Å². The Morgan fingerprint density at radius 3 is 2.34 bits per heavy atom. The Kier molecular flexibility index (Phi) is 7.97. The number of amidine groups is 1. The van der Waals surface area contributed by atoms with Crippen LogP contribution in [0.3, 0.4) is 0 Å². The van der Waals surface area contributed by atoms with Crippen LogP contribution in [0.25, 0.3) is 0 Å². The number of carbonyl (C=O) groups excluding carboxylic acids is 1. The number of sulfonamides is 1. The fraction of sp³-hybridized carbons (Fsp3) is 0.692. The number of hydrogen-bond acceptors (Lipinski definition) is 5. The van der Waals surface area contributed by atoms with E-state index in [9.17, 15) is 30.8 Å². The second-order valence-electron chi connectivity index (χ2n) is 11.5. The second-order valence-corrected chi connectivity index (χ2v) is 14.0. The Bertz CT molecular complexity index is 1170. The van der Waals surface area contributed by atoms with Crippen LogP contribution >= 0.6 is 11.6 Å². The lowest BCUT2D eigenvalue weighted by Gasteiger charge is -2.73. The monoisotopic (exact) mass is 579 g/mol. The van der Waals surface area contributed by atoms with E-state index in [4.69, 9.17) is 11.6 Å². The average Bonchev–Trinajstić information content (AvgIpc) is 3.06. The van der Waals surface area contributed by atoms with Crippen molar-refractivity contribution in [1.29, 1.82) is 0 Å². The van der Waals surface area contributed by atoms with Crippen molar-refractivity contribution >= 4 is 33.2 Å². The largest absolute Gasteiger partial charge is 0.389 e. The lowest BCUT2D eigenvalue weighted by molar-refractivity contribution is -0.151. The molecule has 3 saturated carbocycles. The van der Waals surface area contributed by atoms with Gasteiger partial charge >= 0.3 is 6.18 Å². The zero-order valence-corrected chi connectivity index (χ0v) is 23.2. The highest BCUT2D eigenvalue weighted by atomic mass is 35.5. The van der Waals surface area contributed by atoms with Crippen molar-refractivity contribution in [3.63, 3.8) is 0 Å². The van der Waals surface area contributed by atoms with Crippen molar-refractivity contribution < 1.29 is 30.8 Å². The second kappa shape index (κ2) is 10.4. The molecule has 0 aromatic heterocycles. The Balaban J connectivity index is 1.48. The Morgan fingerprint density at radius 2 is 1.76 bits per heavy atom. The summed E-state index contributed by atoms with van der Waals surface area (Å²) < 4.78 is 78.5. The number of Topliss-reactive ketones (excluding diaryl/α,β-unsaturated/α-hetero) is 1. The van der Waals surface area contributed by atoms with Crippen molar-refractivity contribution in [2.24, 2.45) is 10.4 Å². The van der Waals surface area contributed by atoms with Crippen molar-refractivity contribution in [3.8, 4) is 0 Å². The number of nitrogens with one attached hydrogen (secondary N) is 1. The number of ketones is 1. The lowest BCUT2D eigenvalue weighted by Crippen LogP contribution is -2.78. The minimum Gasteiger partial charge on any atom is -0.366 e. The van der Waals surface area contributed by atoms with Crippen LogP contribution in [0.15, 0.2) is 29.3 Å². The summed E-state index contributed by atoms with van der Waals surface area (Å²) in [6.45, 7) is 3.22. The first-order valence-electron chi connectivity index (χ1n) is 12.9. The van der Waals surface area contributed by atoms with Gasteiger partial charge in [0.25, 0.3) is 0 Å². The molecule has 1 N–H and O–H groups in total. The molecule has 1 aromatic rings. The van der Waals surface area contributed by atoms with Gasteiger partial charge in [0.15, 0.2) is 5.78 Å². The van der Waals surface area contributed by atoms with E-state index >= 15 is 0 Å². The van der Waals surface area contributed by atoms with Gasteiger partial charge in [-0.15, -0.1) is 0 Å². The highest BCUT2D eigenvalue weighted by Gasteiger charge is 2.75. The van der Waals surface area contributed by atoms with E-state index in [1.807, 2.05) is 0 Å². The molecule has 1 heterocycles. The third-order valence-electron chi connectivity index (χ3n) is 7.97. The van der Waals surface area contributed by atoms with Crippen molar-refractivity contribution in [2.45, 2.75) is 95.1 Å². The zero-order chi connectivity index (χ0) is 28.0. The highest BCUT2D eigenvalue weighted by molar-refractivity contribution is 7.89. The maximum absolute atomic E-state index is 13.4. The van der Waals surface area contributed by atoms with E-state index in [2.05, 4.69) is 10.3 Å². The van der Waals surface area contributed by atoms with Gasteiger partial charge in [0.1, 0.15) is 11.9 Å².